The van der Waals surface area contributed by atoms with Crippen LogP contribution >= 0.6 is 11.8 Å². The van der Waals surface area contributed by atoms with Gasteiger partial charge >= 0.3 is 0 Å². The summed E-state index contributed by atoms with van der Waals surface area (Å²) in [5.41, 5.74) is 1.05. The maximum Gasteiger partial charge on any atom is 0.143 e. The summed E-state index contributed by atoms with van der Waals surface area (Å²) in [6.07, 6.45) is 2.03. The van der Waals surface area contributed by atoms with Crippen LogP contribution in [0.25, 0.3) is 0 Å². The highest BCUT2D eigenvalue weighted by Gasteiger charge is 2.15. The van der Waals surface area contributed by atoms with E-state index in [0.29, 0.717) is 6.04 Å². The molecule has 0 fully saturated rings. The first-order chi connectivity index (χ1) is 8.04. The molecule has 0 saturated carbocycles. The molecule has 0 aliphatic rings. The Hall–Kier alpha value is -1.03. The van der Waals surface area contributed by atoms with Crippen LogP contribution in [0.5, 0.6) is 11.5 Å². The van der Waals surface area contributed by atoms with Gasteiger partial charge in [0.1, 0.15) is 11.5 Å². The standard InChI is InChI=1S/C13H21NO2S/c1-9(2)14(3)10-7-12(16-5)13(17-6)8-11(10)15-4/h7-9H,1-6H3. The van der Waals surface area contributed by atoms with Gasteiger partial charge in [-0.25, -0.2) is 0 Å². The lowest BCUT2D eigenvalue weighted by atomic mass is 10.2. The van der Waals surface area contributed by atoms with E-state index in [0.717, 1.165) is 22.1 Å². The number of rotatable bonds is 5. The van der Waals surface area contributed by atoms with Crippen molar-refractivity contribution in [3.8, 4) is 11.5 Å². The molecule has 0 aliphatic carbocycles. The summed E-state index contributed by atoms with van der Waals surface area (Å²) in [6, 6.07) is 4.47. The van der Waals surface area contributed by atoms with E-state index < -0.39 is 0 Å². The summed E-state index contributed by atoms with van der Waals surface area (Å²) in [6.45, 7) is 4.29. The van der Waals surface area contributed by atoms with Crippen molar-refractivity contribution in [2.24, 2.45) is 0 Å². The molecule has 0 amide bonds. The zero-order chi connectivity index (χ0) is 13.0. The fourth-order valence-corrected chi connectivity index (χ4v) is 2.14. The molecule has 1 rings (SSSR count). The van der Waals surface area contributed by atoms with Crippen molar-refractivity contribution in [2.75, 3.05) is 32.4 Å². The quantitative estimate of drug-likeness (QED) is 0.753. The molecule has 0 bridgehead atoms. The van der Waals surface area contributed by atoms with Gasteiger partial charge in [-0.2, -0.15) is 0 Å². The summed E-state index contributed by atoms with van der Waals surface area (Å²) in [5, 5.41) is 0. The van der Waals surface area contributed by atoms with Crippen LogP contribution in [0.1, 0.15) is 13.8 Å². The van der Waals surface area contributed by atoms with E-state index >= 15 is 0 Å². The van der Waals surface area contributed by atoms with Gasteiger partial charge < -0.3 is 14.4 Å². The Bertz CT molecular complexity index is 380. The molecule has 17 heavy (non-hydrogen) atoms. The number of thioether (sulfide) groups is 1. The molecule has 0 heterocycles. The summed E-state index contributed by atoms with van der Waals surface area (Å²) >= 11 is 1.65. The van der Waals surface area contributed by atoms with E-state index in [4.69, 9.17) is 9.47 Å². The van der Waals surface area contributed by atoms with Crippen molar-refractivity contribution < 1.29 is 9.47 Å². The number of anilines is 1. The van der Waals surface area contributed by atoms with Gasteiger partial charge in [-0.05, 0) is 26.2 Å². The second-order valence-corrected chi connectivity index (χ2v) is 4.93. The van der Waals surface area contributed by atoms with E-state index in [-0.39, 0.29) is 0 Å². The summed E-state index contributed by atoms with van der Waals surface area (Å²) < 4.78 is 10.9. The molecule has 0 spiro atoms. The molecule has 0 saturated heterocycles. The molecule has 0 aliphatic heterocycles. The normalized spacial score (nSPS) is 10.5. The Kier molecular flexibility index (Phi) is 5.00. The lowest BCUT2D eigenvalue weighted by Crippen LogP contribution is -2.26. The second-order valence-electron chi connectivity index (χ2n) is 4.08. The third-order valence-electron chi connectivity index (χ3n) is 2.84. The molecular weight excluding hydrogens is 234 g/mol. The minimum Gasteiger partial charge on any atom is -0.496 e. The molecule has 0 aromatic heterocycles. The summed E-state index contributed by atoms with van der Waals surface area (Å²) in [4.78, 5) is 3.26. The van der Waals surface area contributed by atoms with Crippen LogP contribution in [0.4, 0.5) is 5.69 Å². The molecule has 0 N–H and O–H groups in total. The zero-order valence-electron chi connectivity index (χ0n) is 11.4. The van der Waals surface area contributed by atoms with E-state index in [9.17, 15) is 0 Å². The first kappa shape index (κ1) is 14.0. The van der Waals surface area contributed by atoms with Gasteiger partial charge in [-0.1, -0.05) is 0 Å². The molecule has 4 heteroatoms. The van der Waals surface area contributed by atoms with Crippen LogP contribution < -0.4 is 14.4 Å². The smallest absolute Gasteiger partial charge is 0.143 e. The average Bonchev–Trinajstić information content (AvgIpc) is 2.35. The fraction of sp³-hybridized carbons (Fsp3) is 0.538. The average molecular weight is 255 g/mol. The Morgan fingerprint density at radius 3 is 2.12 bits per heavy atom. The predicted molar refractivity (Wildman–Crippen MR) is 74.9 cm³/mol. The number of benzene rings is 1. The molecule has 96 valence electrons. The zero-order valence-corrected chi connectivity index (χ0v) is 12.2. The van der Waals surface area contributed by atoms with Crippen LogP contribution in [0.2, 0.25) is 0 Å². The summed E-state index contributed by atoms with van der Waals surface area (Å²) in [5.74, 6) is 1.77. The van der Waals surface area contributed by atoms with Crippen molar-refractivity contribution in [3.05, 3.63) is 12.1 Å². The number of methoxy groups -OCH3 is 2. The van der Waals surface area contributed by atoms with Gasteiger partial charge in [0, 0.05) is 19.2 Å². The Morgan fingerprint density at radius 1 is 1.12 bits per heavy atom. The maximum absolute atomic E-state index is 5.45. The Labute approximate surface area is 108 Å². The van der Waals surface area contributed by atoms with Crippen molar-refractivity contribution in [1.82, 2.24) is 0 Å². The van der Waals surface area contributed by atoms with Gasteiger partial charge in [0.2, 0.25) is 0 Å². The van der Waals surface area contributed by atoms with Gasteiger partial charge in [-0.15, -0.1) is 11.8 Å². The van der Waals surface area contributed by atoms with E-state index in [2.05, 4.69) is 25.8 Å². The Balaban J connectivity index is 3.28. The molecule has 0 atom stereocenters. The number of hydrogen-bond donors (Lipinski definition) is 0. The van der Waals surface area contributed by atoms with Gasteiger partial charge in [0.15, 0.2) is 0 Å². The van der Waals surface area contributed by atoms with Crippen molar-refractivity contribution >= 4 is 17.4 Å². The van der Waals surface area contributed by atoms with Crippen LogP contribution in [-0.4, -0.2) is 33.6 Å². The largest absolute Gasteiger partial charge is 0.496 e. The van der Waals surface area contributed by atoms with Crippen molar-refractivity contribution in [3.63, 3.8) is 0 Å². The van der Waals surface area contributed by atoms with E-state index in [1.165, 1.54) is 0 Å². The molecular formula is C13H21NO2S. The fourth-order valence-electron chi connectivity index (χ4n) is 1.57. The van der Waals surface area contributed by atoms with Gasteiger partial charge in [0.25, 0.3) is 0 Å². The monoisotopic (exact) mass is 255 g/mol. The minimum atomic E-state index is 0.411. The highest BCUT2D eigenvalue weighted by atomic mass is 32.2. The van der Waals surface area contributed by atoms with E-state index in [1.807, 2.05) is 18.4 Å². The number of hydrogen-bond acceptors (Lipinski definition) is 4. The first-order valence-corrected chi connectivity index (χ1v) is 6.80. The molecule has 1 aromatic carbocycles. The highest BCUT2D eigenvalue weighted by molar-refractivity contribution is 7.98. The Morgan fingerprint density at radius 2 is 1.71 bits per heavy atom. The number of ether oxygens (including phenoxy) is 2. The van der Waals surface area contributed by atoms with Crippen molar-refractivity contribution in [1.29, 1.82) is 0 Å². The molecule has 1 aromatic rings. The summed E-state index contributed by atoms with van der Waals surface area (Å²) in [7, 11) is 5.45. The SMILES string of the molecule is COc1cc(N(C)C(C)C)c(OC)cc1SC. The first-order valence-electron chi connectivity index (χ1n) is 5.58. The van der Waals surface area contributed by atoms with Crippen LogP contribution in [0.15, 0.2) is 17.0 Å². The van der Waals surface area contributed by atoms with Crippen LogP contribution in [0, 0.1) is 0 Å². The van der Waals surface area contributed by atoms with Crippen LogP contribution in [0.3, 0.4) is 0 Å². The van der Waals surface area contributed by atoms with Gasteiger partial charge in [0.05, 0.1) is 24.8 Å². The number of nitrogens with zero attached hydrogens (tertiary/aromatic N) is 1. The lowest BCUT2D eigenvalue weighted by molar-refractivity contribution is 0.394. The minimum absolute atomic E-state index is 0.411. The second kappa shape index (κ2) is 6.05. The third kappa shape index (κ3) is 3.00. The van der Waals surface area contributed by atoms with Gasteiger partial charge in [-0.3, -0.25) is 0 Å². The molecule has 0 radical (unpaired) electrons. The lowest BCUT2D eigenvalue weighted by Gasteiger charge is -2.26. The topological polar surface area (TPSA) is 21.7 Å². The molecule has 0 unspecified atom stereocenters. The molecule has 3 nitrogen and oxygen atoms in total. The van der Waals surface area contributed by atoms with E-state index in [1.54, 1.807) is 26.0 Å². The third-order valence-corrected chi connectivity index (χ3v) is 3.60. The predicted octanol–water partition coefficient (Wildman–Crippen LogP) is 3.27. The highest BCUT2D eigenvalue weighted by Crippen LogP contribution is 2.39. The van der Waals surface area contributed by atoms with Crippen LogP contribution in [-0.2, 0) is 0 Å². The maximum atomic E-state index is 5.45. The van der Waals surface area contributed by atoms with Crippen molar-refractivity contribution in [2.45, 2.75) is 24.8 Å².